The molecule has 4 heteroatoms. The lowest BCUT2D eigenvalue weighted by atomic mass is 10.00. The van der Waals surface area contributed by atoms with Crippen molar-refractivity contribution in [3.63, 3.8) is 0 Å². The molecule has 0 aromatic heterocycles. The first-order chi connectivity index (χ1) is 19.5. The van der Waals surface area contributed by atoms with Gasteiger partial charge in [-0.3, -0.25) is 9.59 Å². The predicted octanol–water partition coefficient (Wildman–Crippen LogP) is 12.3. The van der Waals surface area contributed by atoms with Gasteiger partial charge < -0.3 is 10.2 Å². The molecule has 0 rings (SSSR count). The molecule has 1 atom stereocenters. The van der Waals surface area contributed by atoms with E-state index in [1.165, 1.54) is 148 Å². The number of carboxylic acid groups (broad SMARTS) is 2. The summed E-state index contributed by atoms with van der Waals surface area (Å²) in [4.78, 5) is 21.1. The van der Waals surface area contributed by atoms with Crippen LogP contribution in [0.5, 0.6) is 0 Å². The van der Waals surface area contributed by atoms with Crippen molar-refractivity contribution in [1.82, 2.24) is 0 Å². The molecule has 0 fully saturated rings. The molecule has 0 aromatic carbocycles. The van der Waals surface area contributed by atoms with Crippen LogP contribution in [-0.2, 0) is 9.59 Å². The Balaban J connectivity index is 0. The highest BCUT2D eigenvalue weighted by molar-refractivity contribution is 5.71. The second-order valence-corrected chi connectivity index (χ2v) is 12.0. The van der Waals surface area contributed by atoms with E-state index in [1.807, 2.05) is 0 Å². The second-order valence-electron chi connectivity index (χ2n) is 12.0. The Bertz CT molecular complexity index is 531. The molecule has 0 saturated carbocycles. The van der Waals surface area contributed by atoms with E-state index in [2.05, 4.69) is 20.4 Å². The number of carbonyl (C=O) groups is 2. The first-order valence-corrected chi connectivity index (χ1v) is 17.6. The van der Waals surface area contributed by atoms with Crippen molar-refractivity contribution in [3.05, 3.63) is 12.7 Å². The summed E-state index contributed by atoms with van der Waals surface area (Å²) < 4.78 is 0. The van der Waals surface area contributed by atoms with Crippen LogP contribution in [0.4, 0.5) is 0 Å². The van der Waals surface area contributed by atoms with E-state index in [9.17, 15) is 9.59 Å². The van der Waals surface area contributed by atoms with Crippen LogP contribution in [0.3, 0.4) is 0 Å². The highest BCUT2D eigenvalue weighted by atomic mass is 16.4. The summed E-state index contributed by atoms with van der Waals surface area (Å²) in [6, 6.07) is 0. The van der Waals surface area contributed by atoms with Crippen LogP contribution in [0.2, 0.25) is 0 Å². The molecule has 0 aliphatic rings. The first-order valence-electron chi connectivity index (χ1n) is 17.6. The summed E-state index contributed by atoms with van der Waals surface area (Å²) in [5.41, 5.74) is 0. The normalized spacial score (nSPS) is 11.6. The van der Waals surface area contributed by atoms with Crippen molar-refractivity contribution < 1.29 is 19.8 Å². The average molecular weight is 567 g/mol. The zero-order valence-electron chi connectivity index (χ0n) is 27.1. The van der Waals surface area contributed by atoms with E-state index < -0.39 is 11.9 Å². The summed E-state index contributed by atoms with van der Waals surface area (Å²) in [5.74, 6) is -1.74. The minimum atomic E-state index is -0.733. The summed E-state index contributed by atoms with van der Waals surface area (Å²) in [6.45, 7) is 8.10. The third kappa shape index (κ3) is 36.7. The highest BCUT2D eigenvalue weighted by Gasteiger charge is 2.11. The third-order valence-electron chi connectivity index (χ3n) is 7.96. The lowest BCUT2D eigenvalue weighted by Gasteiger charge is -2.06. The van der Waals surface area contributed by atoms with Gasteiger partial charge in [-0.05, 0) is 12.8 Å². The van der Waals surface area contributed by atoms with Gasteiger partial charge in [0.25, 0.3) is 0 Å². The number of carboxylic acids is 2. The fraction of sp³-hybridized carbons (Fsp3) is 0.889. The van der Waals surface area contributed by atoms with Crippen molar-refractivity contribution >= 4 is 11.9 Å². The highest BCUT2D eigenvalue weighted by Crippen LogP contribution is 2.16. The van der Waals surface area contributed by atoms with E-state index in [4.69, 9.17) is 10.2 Å². The Morgan fingerprint density at radius 2 is 0.775 bits per heavy atom. The van der Waals surface area contributed by atoms with Gasteiger partial charge in [0.2, 0.25) is 0 Å². The van der Waals surface area contributed by atoms with Gasteiger partial charge in [0.1, 0.15) is 0 Å². The van der Waals surface area contributed by atoms with Gasteiger partial charge in [0, 0.05) is 6.42 Å². The topological polar surface area (TPSA) is 74.6 Å². The molecule has 1 unspecified atom stereocenters. The van der Waals surface area contributed by atoms with Gasteiger partial charge >= 0.3 is 11.9 Å². The summed E-state index contributed by atoms with van der Waals surface area (Å²) >= 11 is 0. The van der Waals surface area contributed by atoms with E-state index in [-0.39, 0.29) is 5.92 Å². The van der Waals surface area contributed by atoms with Crippen molar-refractivity contribution in [2.24, 2.45) is 5.92 Å². The predicted molar refractivity (Wildman–Crippen MR) is 174 cm³/mol. The van der Waals surface area contributed by atoms with Crippen LogP contribution in [0.25, 0.3) is 0 Å². The largest absolute Gasteiger partial charge is 0.481 e. The van der Waals surface area contributed by atoms with E-state index in [0.717, 1.165) is 32.1 Å². The van der Waals surface area contributed by atoms with Gasteiger partial charge in [-0.25, -0.2) is 0 Å². The second kappa shape index (κ2) is 35.7. The molecule has 0 aromatic rings. The van der Waals surface area contributed by atoms with Crippen molar-refractivity contribution in [2.75, 3.05) is 0 Å². The van der Waals surface area contributed by atoms with Gasteiger partial charge in [0.05, 0.1) is 5.92 Å². The Kier molecular flexibility index (Phi) is 36.4. The maximum Gasteiger partial charge on any atom is 0.310 e. The Hall–Kier alpha value is -1.32. The standard InChI is InChI=1S/C18H34O2.C18H36O2/c1-3-5-6-7-8-9-10-11-12-13-14-15-16-17(4-2)18(19)20;1-2-3-4-5-6-7-8-9-10-11-12-13-14-15-16-17-18(19)20/h4,17H,2-3,5-16H2,1H3,(H,19,20);2-17H2,1H3,(H,19,20). The molecule has 40 heavy (non-hydrogen) atoms. The molecule has 0 heterocycles. The molecule has 238 valence electrons. The minimum absolute atomic E-state index is 0.345. The first kappa shape index (κ1) is 40.8. The summed E-state index contributed by atoms with van der Waals surface area (Å²) in [5, 5.41) is 17.4. The Labute approximate surface area is 250 Å². The van der Waals surface area contributed by atoms with Crippen LogP contribution in [0.15, 0.2) is 12.7 Å². The maximum atomic E-state index is 10.8. The monoisotopic (exact) mass is 567 g/mol. The van der Waals surface area contributed by atoms with E-state index in [1.54, 1.807) is 6.08 Å². The Morgan fingerprint density at radius 1 is 0.500 bits per heavy atom. The molecule has 2 N–H and O–H groups in total. The number of hydrogen-bond acceptors (Lipinski definition) is 2. The van der Waals surface area contributed by atoms with Crippen LogP contribution in [0.1, 0.15) is 200 Å². The SMILES string of the molecule is C=CC(CCCCCCCCCCCCCC)C(=O)O.CCCCCCCCCCCCCCCCCC(=O)O. The fourth-order valence-corrected chi connectivity index (χ4v) is 5.19. The molecule has 0 amide bonds. The summed E-state index contributed by atoms with van der Waals surface area (Å²) in [7, 11) is 0. The maximum absolute atomic E-state index is 10.8. The number of unbranched alkanes of at least 4 members (excludes halogenated alkanes) is 25. The van der Waals surface area contributed by atoms with Gasteiger partial charge in [-0.1, -0.05) is 187 Å². The van der Waals surface area contributed by atoms with Crippen LogP contribution < -0.4 is 0 Å². The molecule has 0 bridgehead atoms. The zero-order chi connectivity index (χ0) is 29.9. The lowest BCUT2D eigenvalue weighted by Crippen LogP contribution is -2.10. The number of aliphatic carboxylic acids is 2. The third-order valence-corrected chi connectivity index (χ3v) is 7.96. The quantitative estimate of drug-likeness (QED) is 0.0646. The molecular weight excluding hydrogens is 496 g/mol. The lowest BCUT2D eigenvalue weighted by molar-refractivity contribution is -0.140. The van der Waals surface area contributed by atoms with Crippen molar-refractivity contribution in [3.8, 4) is 0 Å². The number of hydrogen-bond donors (Lipinski definition) is 2. The zero-order valence-corrected chi connectivity index (χ0v) is 27.1. The van der Waals surface area contributed by atoms with Crippen molar-refractivity contribution in [2.45, 2.75) is 200 Å². The molecule has 0 saturated heterocycles. The summed E-state index contributed by atoms with van der Waals surface area (Å²) in [6.07, 6.45) is 38.3. The van der Waals surface area contributed by atoms with Crippen LogP contribution in [0, 0.1) is 5.92 Å². The molecule has 0 aliphatic heterocycles. The fourth-order valence-electron chi connectivity index (χ4n) is 5.19. The van der Waals surface area contributed by atoms with E-state index in [0.29, 0.717) is 6.42 Å². The van der Waals surface area contributed by atoms with Crippen LogP contribution >= 0.6 is 0 Å². The minimum Gasteiger partial charge on any atom is -0.481 e. The molecule has 0 aliphatic carbocycles. The molecular formula is C36H70O4. The van der Waals surface area contributed by atoms with Gasteiger partial charge in [0.15, 0.2) is 0 Å². The molecule has 4 nitrogen and oxygen atoms in total. The molecule has 0 spiro atoms. The van der Waals surface area contributed by atoms with Crippen LogP contribution in [-0.4, -0.2) is 22.2 Å². The smallest absolute Gasteiger partial charge is 0.310 e. The average Bonchev–Trinajstić information content (AvgIpc) is 2.93. The number of rotatable bonds is 31. The Morgan fingerprint density at radius 3 is 1.02 bits per heavy atom. The van der Waals surface area contributed by atoms with Gasteiger partial charge in [-0.2, -0.15) is 0 Å². The molecule has 0 radical (unpaired) electrons. The van der Waals surface area contributed by atoms with Crippen molar-refractivity contribution in [1.29, 1.82) is 0 Å². The van der Waals surface area contributed by atoms with Gasteiger partial charge in [-0.15, -0.1) is 6.58 Å². The van der Waals surface area contributed by atoms with E-state index >= 15 is 0 Å².